The Morgan fingerprint density at radius 2 is 2.00 bits per heavy atom. The Labute approximate surface area is 95.2 Å². The van der Waals surface area contributed by atoms with Gasteiger partial charge in [-0.2, -0.15) is 0 Å². The number of fused-ring (bicyclic) bond motifs is 1. The van der Waals surface area contributed by atoms with Gasteiger partial charge in [-0.3, -0.25) is 0 Å². The zero-order valence-corrected chi connectivity index (χ0v) is 9.39. The molecule has 0 aromatic carbocycles. The number of anilines is 1. The van der Waals surface area contributed by atoms with E-state index in [9.17, 15) is 0 Å². The van der Waals surface area contributed by atoms with Crippen molar-refractivity contribution in [3.63, 3.8) is 0 Å². The summed E-state index contributed by atoms with van der Waals surface area (Å²) in [7, 11) is 0. The largest absolute Gasteiger partial charge is 0.255 e. The Hall–Kier alpha value is -1.20. The number of aromatic nitrogens is 2. The van der Waals surface area contributed by atoms with Crippen LogP contribution in [0.15, 0.2) is 6.20 Å². The maximum atomic E-state index is 6.03. The van der Waals surface area contributed by atoms with E-state index in [-0.39, 0.29) is 0 Å². The highest BCUT2D eigenvalue weighted by atomic mass is 15.8. The monoisotopic (exact) mass is 219 g/mol. The Morgan fingerprint density at radius 3 is 2.81 bits per heavy atom. The van der Waals surface area contributed by atoms with E-state index in [1.807, 2.05) is 6.20 Å². The summed E-state index contributed by atoms with van der Waals surface area (Å²) in [4.78, 5) is 8.89. The lowest BCUT2D eigenvalue weighted by Crippen LogP contribution is -2.47. The van der Waals surface area contributed by atoms with E-state index in [0.29, 0.717) is 5.95 Å². The molecule has 0 saturated carbocycles. The first-order valence-electron chi connectivity index (χ1n) is 5.99. The highest BCUT2D eigenvalue weighted by molar-refractivity contribution is 5.32. The first kappa shape index (κ1) is 9.99. The van der Waals surface area contributed by atoms with Crippen LogP contribution in [0.4, 0.5) is 5.95 Å². The summed E-state index contributed by atoms with van der Waals surface area (Å²) < 4.78 is 0. The van der Waals surface area contributed by atoms with Crippen LogP contribution in [0.1, 0.15) is 30.5 Å². The van der Waals surface area contributed by atoms with E-state index in [4.69, 9.17) is 5.84 Å². The average molecular weight is 219 g/mol. The van der Waals surface area contributed by atoms with E-state index >= 15 is 0 Å². The van der Waals surface area contributed by atoms with E-state index in [2.05, 4.69) is 15.0 Å². The molecule has 5 heteroatoms. The molecule has 0 unspecified atom stereocenters. The number of nitrogens with zero attached hydrogens (tertiary/aromatic N) is 4. The minimum atomic E-state index is 0.641. The van der Waals surface area contributed by atoms with Gasteiger partial charge in [0, 0.05) is 25.0 Å². The molecule has 1 aromatic rings. The standard InChI is InChI=1S/C11H17N5/c12-16(15-6-1-2-7-15)11-13-8-9-4-3-5-10(9)14-11/h8H,1-7,12H2. The van der Waals surface area contributed by atoms with Crippen LogP contribution >= 0.6 is 0 Å². The molecule has 5 nitrogen and oxygen atoms in total. The fourth-order valence-electron chi connectivity index (χ4n) is 2.46. The van der Waals surface area contributed by atoms with Crippen LogP contribution in [0.5, 0.6) is 0 Å². The van der Waals surface area contributed by atoms with Crippen molar-refractivity contribution in [1.82, 2.24) is 15.0 Å². The van der Waals surface area contributed by atoms with E-state index in [1.54, 1.807) is 5.12 Å². The molecule has 0 spiro atoms. The van der Waals surface area contributed by atoms with Crippen LogP contribution < -0.4 is 11.0 Å². The molecule has 1 fully saturated rings. The zero-order valence-electron chi connectivity index (χ0n) is 9.39. The van der Waals surface area contributed by atoms with Crippen molar-refractivity contribution in [3.8, 4) is 0 Å². The molecule has 1 aromatic heterocycles. The Morgan fingerprint density at radius 1 is 1.19 bits per heavy atom. The second kappa shape index (κ2) is 3.99. The smallest absolute Gasteiger partial charge is 0.230 e. The van der Waals surface area contributed by atoms with Gasteiger partial charge in [-0.25, -0.2) is 25.9 Å². The highest BCUT2D eigenvalue weighted by Crippen LogP contribution is 2.21. The number of nitrogens with two attached hydrogens (primary N) is 1. The van der Waals surface area contributed by atoms with Crippen molar-refractivity contribution in [2.75, 3.05) is 18.2 Å². The van der Waals surface area contributed by atoms with Crippen molar-refractivity contribution in [2.45, 2.75) is 32.1 Å². The number of hydrogen-bond acceptors (Lipinski definition) is 5. The van der Waals surface area contributed by atoms with Crippen LogP contribution in [0.3, 0.4) is 0 Å². The zero-order chi connectivity index (χ0) is 11.0. The molecule has 86 valence electrons. The average Bonchev–Trinajstić information content (AvgIpc) is 2.98. The molecule has 1 aliphatic carbocycles. The molecular formula is C11H17N5. The first-order valence-corrected chi connectivity index (χ1v) is 5.99. The van der Waals surface area contributed by atoms with E-state index in [0.717, 1.165) is 25.9 Å². The third-order valence-corrected chi connectivity index (χ3v) is 3.39. The molecule has 0 amide bonds. The van der Waals surface area contributed by atoms with Gasteiger partial charge in [0.15, 0.2) is 0 Å². The quantitative estimate of drug-likeness (QED) is 0.585. The maximum Gasteiger partial charge on any atom is 0.255 e. The third kappa shape index (κ3) is 1.66. The molecule has 1 aliphatic heterocycles. The molecule has 0 radical (unpaired) electrons. The van der Waals surface area contributed by atoms with Gasteiger partial charge >= 0.3 is 0 Å². The van der Waals surface area contributed by atoms with Crippen molar-refractivity contribution < 1.29 is 0 Å². The topological polar surface area (TPSA) is 58.3 Å². The van der Waals surface area contributed by atoms with Crippen LogP contribution in [0.2, 0.25) is 0 Å². The minimum Gasteiger partial charge on any atom is -0.230 e. The van der Waals surface area contributed by atoms with Gasteiger partial charge in [-0.15, -0.1) is 0 Å². The summed E-state index contributed by atoms with van der Waals surface area (Å²) in [6.07, 6.45) is 7.72. The Balaban J connectivity index is 1.83. The van der Waals surface area contributed by atoms with Crippen LogP contribution in [0.25, 0.3) is 0 Å². The number of rotatable bonds is 2. The molecule has 2 aliphatic rings. The fourth-order valence-corrected chi connectivity index (χ4v) is 2.46. The second-order valence-electron chi connectivity index (χ2n) is 4.50. The predicted octanol–water partition coefficient (Wildman–Crippen LogP) is 0.656. The molecule has 2 N–H and O–H groups in total. The summed E-state index contributed by atoms with van der Waals surface area (Å²) in [5.74, 6) is 6.67. The van der Waals surface area contributed by atoms with Gasteiger partial charge in [0.1, 0.15) is 0 Å². The van der Waals surface area contributed by atoms with Crippen LogP contribution in [-0.2, 0) is 12.8 Å². The Kier molecular flexibility index (Phi) is 2.49. The van der Waals surface area contributed by atoms with Crippen molar-refractivity contribution >= 4 is 5.95 Å². The minimum absolute atomic E-state index is 0.641. The highest BCUT2D eigenvalue weighted by Gasteiger charge is 2.21. The lowest BCUT2D eigenvalue weighted by atomic mass is 10.3. The molecule has 3 rings (SSSR count). The molecule has 0 atom stereocenters. The normalized spacial score (nSPS) is 20.1. The third-order valence-electron chi connectivity index (χ3n) is 3.39. The van der Waals surface area contributed by atoms with Crippen LogP contribution in [0, 0.1) is 0 Å². The Bertz CT molecular complexity index is 386. The van der Waals surface area contributed by atoms with E-state index in [1.165, 1.54) is 30.5 Å². The summed E-state index contributed by atoms with van der Waals surface area (Å²) in [5, 5.41) is 3.72. The first-order chi connectivity index (χ1) is 7.84. The fraction of sp³-hybridized carbons (Fsp3) is 0.636. The number of hydrogen-bond donors (Lipinski definition) is 1. The summed E-state index contributed by atoms with van der Waals surface area (Å²) in [5.41, 5.74) is 2.47. The number of aryl methyl sites for hydroxylation is 2. The molecule has 16 heavy (non-hydrogen) atoms. The van der Waals surface area contributed by atoms with Gasteiger partial charge in [0.25, 0.3) is 5.95 Å². The lowest BCUT2D eigenvalue weighted by Gasteiger charge is -2.26. The molecule has 2 heterocycles. The van der Waals surface area contributed by atoms with Crippen molar-refractivity contribution in [3.05, 3.63) is 17.5 Å². The molecular weight excluding hydrogens is 202 g/mol. The van der Waals surface area contributed by atoms with Gasteiger partial charge in [0.05, 0.1) is 0 Å². The predicted molar refractivity (Wildman–Crippen MR) is 61.5 cm³/mol. The van der Waals surface area contributed by atoms with E-state index < -0.39 is 0 Å². The van der Waals surface area contributed by atoms with Gasteiger partial charge in [0.2, 0.25) is 0 Å². The van der Waals surface area contributed by atoms with Crippen molar-refractivity contribution in [1.29, 1.82) is 0 Å². The van der Waals surface area contributed by atoms with Crippen molar-refractivity contribution in [2.24, 2.45) is 5.84 Å². The van der Waals surface area contributed by atoms with Gasteiger partial charge in [-0.05, 0) is 37.7 Å². The summed E-state index contributed by atoms with van der Waals surface area (Å²) >= 11 is 0. The second-order valence-corrected chi connectivity index (χ2v) is 4.50. The van der Waals surface area contributed by atoms with Gasteiger partial charge < -0.3 is 0 Å². The van der Waals surface area contributed by atoms with Gasteiger partial charge in [-0.1, -0.05) is 0 Å². The molecule has 0 bridgehead atoms. The molecule has 1 saturated heterocycles. The SMILES string of the molecule is NN(c1ncc2c(n1)CCC2)N1CCCC1. The summed E-state index contributed by atoms with van der Waals surface area (Å²) in [6.45, 7) is 2.02. The lowest BCUT2D eigenvalue weighted by molar-refractivity contribution is 0.304. The summed E-state index contributed by atoms with van der Waals surface area (Å²) in [6, 6.07) is 0. The van der Waals surface area contributed by atoms with Crippen LogP contribution in [-0.4, -0.2) is 28.1 Å². The number of hydrazine groups is 2. The maximum absolute atomic E-state index is 6.03.